The minimum Gasteiger partial charge on any atom is -0.288 e. The number of benzene rings is 2. The number of halogens is 4. The highest BCUT2D eigenvalue weighted by atomic mass is 19.2. The highest BCUT2D eigenvalue weighted by Gasteiger charge is 2.20. The number of carbonyl (C=O) groups excluding carboxylic acids is 1. The molecule has 0 aliphatic carbocycles. The Morgan fingerprint density at radius 1 is 0.895 bits per heavy atom. The van der Waals surface area contributed by atoms with E-state index in [1.54, 1.807) is 0 Å². The number of rotatable bonds is 2. The molecule has 2 aromatic carbocycles. The van der Waals surface area contributed by atoms with Crippen LogP contribution in [-0.2, 0) is 0 Å². The van der Waals surface area contributed by atoms with Crippen LogP contribution in [0.2, 0.25) is 0 Å². The van der Waals surface area contributed by atoms with E-state index in [9.17, 15) is 22.4 Å². The van der Waals surface area contributed by atoms with Gasteiger partial charge in [0.15, 0.2) is 23.2 Å². The van der Waals surface area contributed by atoms with Crippen molar-refractivity contribution in [3.8, 4) is 0 Å². The van der Waals surface area contributed by atoms with Gasteiger partial charge in [0.1, 0.15) is 5.82 Å². The van der Waals surface area contributed by atoms with E-state index in [0.29, 0.717) is 6.07 Å². The summed E-state index contributed by atoms with van der Waals surface area (Å²) in [4.78, 5) is 11.9. The number of carbonyl (C=O) groups is 1. The van der Waals surface area contributed by atoms with E-state index in [1.807, 2.05) is 0 Å². The van der Waals surface area contributed by atoms with Gasteiger partial charge < -0.3 is 0 Å². The Bertz CT molecular complexity index is 665. The fraction of sp³-hybridized carbons (Fsp3) is 0.0714. The molecule has 0 aliphatic rings. The van der Waals surface area contributed by atoms with Crippen molar-refractivity contribution in [1.29, 1.82) is 0 Å². The first-order valence-corrected chi connectivity index (χ1v) is 5.36. The van der Waals surface area contributed by atoms with E-state index in [1.165, 1.54) is 13.0 Å². The molecule has 5 heteroatoms. The molecule has 19 heavy (non-hydrogen) atoms. The van der Waals surface area contributed by atoms with E-state index in [-0.39, 0.29) is 11.1 Å². The molecule has 2 aromatic rings. The van der Waals surface area contributed by atoms with Crippen molar-refractivity contribution in [2.45, 2.75) is 6.92 Å². The van der Waals surface area contributed by atoms with Crippen molar-refractivity contribution in [3.05, 3.63) is 70.3 Å². The summed E-state index contributed by atoms with van der Waals surface area (Å²) in [6.45, 7) is 1.44. The zero-order chi connectivity index (χ0) is 14.2. The van der Waals surface area contributed by atoms with Crippen molar-refractivity contribution in [1.82, 2.24) is 0 Å². The Balaban J connectivity index is 2.50. The molecule has 0 saturated carbocycles. The third-order valence-electron chi connectivity index (χ3n) is 2.70. The SMILES string of the molecule is Cc1cc(C(=O)c2ccc(F)c(F)c2F)ccc1F. The predicted molar refractivity (Wildman–Crippen MR) is 60.9 cm³/mol. The summed E-state index contributed by atoms with van der Waals surface area (Å²) in [5, 5.41) is 0. The second kappa shape index (κ2) is 4.84. The maximum atomic E-state index is 13.5. The van der Waals surface area contributed by atoms with Gasteiger partial charge in [0, 0.05) is 5.56 Å². The maximum Gasteiger partial charge on any atom is 0.196 e. The molecule has 0 heterocycles. The molecule has 0 aromatic heterocycles. The first-order valence-electron chi connectivity index (χ1n) is 5.36. The van der Waals surface area contributed by atoms with Gasteiger partial charge in [0.05, 0.1) is 5.56 Å². The minimum absolute atomic E-state index is 0.00353. The van der Waals surface area contributed by atoms with Gasteiger partial charge in [-0.3, -0.25) is 4.79 Å². The molecular weight excluding hydrogens is 260 g/mol. The average molecular weight is 268 g/mol. The van der Waals surface area contributed by atoms with Gasteiger partial charge in [0.2, 0.25) is 0 Å². The number of ketones is 1. The Morgan fingerprint density at radius 3 is 2.16 bits per heavy atom. The van der Waals surface area contributed by atoms with Gasteiger partial charge >= 0.3 is 0 Å². The van der Waals surface area contributed by atoms with Gasteiger partial charge in [-0.15, -0.1) is 0 Å². The van der Waals surface area contributed by atoms with Crippen LogP contribution < -0.4 is 0 Å². The molecule has 2 rings (SSSR count). The molecule has 0 N–H and O–H groups in total. The van der Waals surface area contributed by atoms with Crippen LogP contribution in [0.25, 0.3) is 0 Å². The lowest BCUT2D eigenvalue weighted by atomic mass is 10.0. The molecule has 0 saturated heterocycles. The van der Waals surface area contributed by atoms with Crippen molar-refractivity contribution < 1.29 is 22.4 Å². The Hall–Kier alpha value is -2.17. The average Bonchev–Trinajstić information content (AvgIpc) is 2.39. The van der Waals surface area contributed by atoms with Crippen molar-refractivity contribution in [2.75, 3.05) is 0 Å². The van der Waals surface area contributed by atoms with Crippen LogP contribution in [0.5, 0.6) is 0 Å². The third kappa shape index (κ3) is 2.36. The highest BCUT2D eigenvalue weighted by Crippen LogP contribution is 2.19. The zero-order valence-corrected chi connectivity index (χ0v) is 9.81. The summed E-state index contributed by atoms with van der Waals surface area (Å²) in [7, 11) is 0. The summed E-state index contributed by atoms with van der Waals surface area (Å²) in [5.41, 5.74) is -0.387. The normalized spacial score (nSPS) is 10.6. The summed E-state index contributed by atoms with van der Waals surface area (Å²) in [5.74, 6) is -5.97. The zero-order valence-electron chi connectivity index (χ0n) is 9.81. The number of hydrogen-bond donors (Lipinski definition) is 0. The van der Waals surface area contributed by atoms with Gasteiger partial charge in [-0.2, -0.15) is 0 Å². The summed E-state index contributed by atoms with van der Waals surface area (Å²) < 4.78 is 52.3. The topological polar surface area (TPSA) is 17.1 Å². The Labute approximate surface area is 106 Å². The molecule has 1 nitrogen and oxygen atoms in total. The lowest BCUT2D eigenvalue weighted by molar-refractivity contribution is 0.103. The second-order valence-corrected chi connectivity index (χ2v) is 4.02. The van der Waals surface area contributed by atoms with E-state index in [2.05, 4.69) is 0 Å². The highest BCUT2D eigenvalue weighted by molar-refractivity contribution is 6.09. The van der Waals surface area contributed by atoms with Crippen molar-refractivity contribution in [3.63, 3.8) is 0 Å². The molecule has 0 fully saturated rings. The molecule has 0 radical (unpaired) electrons. The molecule has 0 unspecified atom stereocenters. The first-order chi connectivity index (χ1) is 8.91. The van der Waals surface area contributed by atoms with Crippen LogP contribution >= 0.6 is 0 Å². The van der Waals surface area contributed by atoms with Crippen LogP contribution in [0.1, 0.15) is 21.5 Å². The fourth-order valence-electron chi connectivity index (χ4n) is 1.64. The fourth-order valence-corrected chi connectivity index (χ4v) is 1.64. The van der Waals surface area contributed by atoms with Crippen LogP contribution in [-0.4, -0.2) is 5.78 Å². The Morgan fingerprint density at radius 2 is 1.53 bits per heavy atom. The third-order valence-corrected chi connectivity index (χ3v) is 2.70. The minimum atomic E-state index is -1.70. The van der Waals surface area contributed by atoms with Crippen LogP contribution in [0.3, 0.4) is 0 Å². The van der Waals surface area contributed by atoms with Crippen molar-refractivity contribution >= 4 is 5.78 Å². The smallest absolute Gasteiger partial charge is 0.196 e. The van der Waals surface area contributed by atoms with E-state index in [4.69, 9.17) is 0 Å². The van der Waals surface area contributed by atoms with Gasteiger partial charge in [-0.25, -0.2) is 17.6 Å². The van der Waals surface area contributed by atoms with Gasteiger partial charge in [-0.05, 0) is 42.8 Å². The lowest BCUT2D eigenvalue weighted by Crippen LogP contribution is -2.07. The molecule has 0 atom stereocenters. The van der Waals surface area contributed by atoms with Crippen LogP contribution in [0.4, 0.5) is 17.6 Å². The Kier molecular flexibility index (Phi) is 3.38. The first kappa shape index (κ1) is 13.3. The van der Waals surface area contributed by atoms with E-state index in [0.717, 1.165) is 18.2 Å². The van der Waals surface area contributed by atoms with Crippen molar-refractivity contribution in [2.24, 2.45) is 0 Å². The predicted octanol–water partition coefficient (Wildman–Crippen LogP) is 3.78. The van der Waals surface area contributed by atoms with Crippen LogP contribution in [0.15, 0.2) is 30.3 Å². The van der Waals surface area contributed by atoms with Crippen LogP contribution in [0, 0.1) is 30.2 Å². The maximum absolute atomic E-state index is 13.5. The molecule has 0 amide bonds. The standard InChI is InChI=1S/C14H8F4O/c1-7-6-8(2-4-10(7)15)14(19)9-3-5-11(16)13(18)12(9)17/h2-6H,1H3. The summed E-state index contributed by atoms with van der Waals surface area (Å²) >= 11 is 0. The second-order valence-electron chi connectivity index (χ2n) is 4.02. The summed E-state index contributed by atoms with van der Waals surface area (Å²) in [6, 6.07) is 4.96. The molecule has 0 bridgehead atoms. The van der Waals surface area contributed by atoms with Gasteiger partial charge in [-0.1, -0.05) is 0 Å². The molecule has 0 spiro atoms. The quantitative estimate of drug-likeness (QED) is 0.460. The summed E-state index contributed by atoms with van der Waals surface area (Å²) in [6.07, 6.45) is 0. The molecular formula is C14H8F4O. The number of aryl methyl sites for hydroxylation is 1. The van der Waals surface area contributed by atoms with Gasteiger partial charge in [0.25, 0.3) is 0 Å². The monoisotopic (exact) mass is 268 g/mol. The molecule has 98 valence electrons. The number of hydrogen-bond acceptors (Lipinski definition) is 1. The molecule has 0 aliphatic heterocycles. The van der Waals surface area contributed by atoms with E-state index >= 15 is 0 Å². The van der Waals surface area contributed by atoms with E-state index < -0.39 is 34.6 Å². The largest absolute Gasteiger partial charge is 0.288 e. The lowest BCUT2D eigenvalue weighted by Gasteiger charge is -2.05.